The first-order valence-electron chi connectivity index (χ1n) is 37.5. The molecule has 0 radical (unpaired) electrons. The van der Waals surface area contributed by atoms with Crippen molar-refractivity contribution in [1.29, 1.82) is 0 Å². The van der Waals surface area contributed by atoms with Crippen LogP contribution in [0.15, 0.2) is 67.0 Å². The van der Waals surface area contributed by atoms with Gasteiger partial charge in [-0.3, -0.25) is 0 Å². The third kappa shape index (κ3) is 22.5. The first-order chi connectivity index (χ1) is 50.4. The van der Waals surface area contributed by atoms with E-state index in [0.717, 1.165) is 91.3 Å². The molecule has 1 unspecified atom stereocenters. The Balaban J connectivity index is 1.02. The zero-order valence-corrected chi connectivity index (χ0v) is 64.6. The van der Waals surface area contributed by atoms with E-state index in [4.69, 9.17) is 56.8 Å². The van der Waals surface area contributed by atoms with Gasteiger partial charge in [0.15, 0.2) is 12.6 Å². The molecular weight excluding hydrogens is 1360 g/mol. The number of aromatic nitrogens is 6. The average molecular weight is 1480 g/mol. The largest absolute Gasteiger partial charge is 0.493 e. The van der Waals surface area contributed by atoms with Crippen LogP contribution in [0.3, 0.4) is 0 Å². The molecule has 2 aromatic heterocycles. The number of rotatable bonds is 34. The van der Waals surface area contributed by atoms with Crippen LogP contribution in [0.4, 0.5) is 0 Å². The summed E-state index contributed by atoms with van der Waals surface area (Å²) >= 11 is 0. The fraction of sp³-hybridized carbons (Fsp3) is 0.650. The van der Waals surface area contributed by atoms with Gasteiger partial charge in [-0.1, -0.05) is 156 Å². The lowest BCUT2D eigenvalue weighted by Crippen LogP contribution is -2.59. The summed E-state index contributed by atoms with van der Waals surface area (Å²) in [6.45, 7) is 34.2. The molecule has 6 aromatic rings. The molecule has 0 spiro atoms. The van der Waals surface area contributed by atoms with Gasteiger partial charge in [0, 0.05) is 24.8 Å². The van der Waals surface area contributed by atoms with Crippen molar-refractivity contribution in [2.45, 2.75) is 245 Å². The molecule has 4 aromatic carbocycles. The van der Waals surface area contributed by atoms with Crippen molar-refractivity contribution in [2.24, 2.45) is 0 Å². The first kappa shape index (κ1) is 83.9. The molecule has 2 saturated heterocycles. The fourth-order valence-electron chi connectivity index (χ4n) is 12.9. The van der Waals surface area contributed by atoms with E-state index >= 15 is 0 Å². The number of hydrogen-bond acceptors (Lipinski definition) is 24. The van der Waals surface area contributed by atoms with Crippen molar-refractivity contribution in [3.05, 3.63) is 145 Å². The first-order valence-corrected chi connectivity index (χ1v) is 37.5. The molecule has 0 saturated carbocycles. The lowest BCUT2D eigenvalue weighted by atomic mass is 9.79. The van der Waals surface area contributed by atoms with Crippen LogP contribution in [0.1, 0.15) is 194 Å². The highest BCUT2D eigenvalue weighted by Gasteiger charge is 2.45. The Kier molecular flexibility index (Phi) is 30.1. The summed E-state index contributed by atoms with van der Waals surface area (Å²) in [4.78, 5) is 0. The zero-order chi connectivity index (χ0) is 76.7. The third-order valence-electron chi connectivity index (χ3n) is 19.1. The van der Waals surface area contributed by atoms with Crippen LogP contribution in [0.25, 0.3) is 0 Å². The summed E-state index contributed by atoms with van der Waals surface area (Å²) in [5.74, 6) is 2.33. The predicted molar refractivity (Wildman–Crippen MR) is 394 cm³/mol. The lowest BCUT2D eigenvalue weighted by Gasteiger charge is -2.39. The highest BCUT2D eigenvalue weighted by Crippen LogP contribution is 2.46. The molecule has 9 rings (SSSR count). The van der Waals surface area contributed by atoms with Gasteiger partial charge in [-0.25, -0.2) is 9.36 Å². The summed E-state index contributed by atoms with van der Waals surface area (Å²) in [6, 6.07) is 20.8. The number of fused-ring (bicyclic) bond motifs is 8. The molecule has 26 nitrogen and oxygen atoms in total. The molecule has 588 valence electrons. The highest BCUT2D eigenvalue weighted by atomic mass is 16.7. The van der Waals surface area contributed by atoms with Crippen LogP contribution in [-0.2, 0) is 110 Å². The fourth-order valence-corrected chi connectivity index (χ4v) is 12.9. The molecule has 11 atom stereocenters. The molecule has 3 aliphatic rings. The highest BCUT2D eigenvalue weighted by molar-refractivity contribution is 5.59. The smallest absolute Gasteiger partial charge is 0.186 e. The molecule has 106 heavy (non-hydrogen) atoms. The van der Waals surface area contributed by atoms with Crippen LogP contribution in [0.2, 0.25) is 0 Å². The summed E-state index contributed by atoms with van der Waals surface area (Å²) in [5.41, 5.74) is 12.8. The van der Waals surface area contributed by atoms with Gasteiger partial charge in [0.2, 0.25) is 0 Å². The second kappa shape index (κ2) is 38.0. The van der Waals surface area contributed by atoms with Crippen molar-refractivity contribution in [1.82, 2.24) is 30.0 Å². The van der Waals surface area contributed by atoms with Crippen molar-refractivity contribution in [3.63, 3.8) is 0 Å². The van der Waals surface area contributed by atoms with E-state index in [9.17, 15) is 40.9 Å². The van der Waals surface area contributed by atoms with Gasteiger partial charge >= 0.3 is 0 Å². The molecular formula is C80H118N6O20. The van der Waals surface area contributed by atoms with Gasteiger partial charge in [0.1, 0.15) is 90.2 Å². The monoisotopic (exact) mass is 1480 g/mol. The van der Waals surface area contributed by atoms with E-state index in [0.29, 0.717) is 70.2 Å². The SMILES string of the molecule is CCCOc1c2cc(C(C)(C)C)cc1Cc1cc(C(C)(C)C)cc(c1OCc1cn(CCOCCOCCO[C@@H]3O[C@H](CO)[C@H](O)[C@H](O)[C@H]3O)nn1)Cc1cc(C(C)(C)C)cc(c1OCCC)C(OCc1cn(CCOCCOCCO[C@@H]3O[C@H](CO)[C@H](O)[C@H](O)[C@H]3O)nn1)c1cc(cc(C(C)(C)C)c1)C2. The second-order valence-corrected chi connectivity index (χ2v) is 32.0. The Hall–Kier alpha value is -6.12. The van der Waals surface area contributed by atoms with Gasteiger partial charge in [-0.05, 0) is 102 Å². The number of hydrogen-bond donors (Lipinski definition) is 8. The maximum atomic E-state index is 10.3. The van der Waals surface area contributed by atoms with E-state index in [2.05, 4.69) is 172 Å². The number of nitrogens with zero attached hydrogens (tertiary/aromatic N) is 6. The zero-order valence-electron chi connectivity index (χ0n) is 64.6. The lowest BCUT2D eigenvalue weighted by molar-refractivity contribution is -0.302. The minimum atomic E-state index is -1.53. The standard InChI is InChI=1S/C80H118N6O20/c1-15-19-99-71-50-31-49-32-51(37-56(33-49)77(3,4)5)74(104-48-61-44-86(84-82-61)18-22-96-24-26-98-28-30-102-76-70(94)68(92)66(90)64(46-88)106-76)62-42-59(80(12,13)14)41-55(73(62)100-20-16-2)35-54-40-58(79(9,10)11)39-53(34-52(71)38-57(36-50)78(6,7)8)72(54)103-47-60-43-85(83-81-60)17-21-95-23-25-97-27-29-101-75-69(93)67(91)65(89)63(45-87)105-75/h32-33,36-44,63-70,74-76,87-94H,15-31,34-35,45-48H2,1-14H3/t63-,64-,65+,66+,67+,68+,69-,70-,74?,75-,76-/m1/s1. The summed E-state index contributed by atoms with van der Waals surface area (Å²) in [5, 5.41) is 98.3. The molecule has 1 aliphatic carbocycles. The molecule has 8 bridgehead atoms. The van der Waals surface area contributed by atoms with E-state index < -0.39 is 80.7 Å². The Morgan fingerprint density at radius 2 is 0.792 bits per heavy atom. The van der Waals surface area contributed by atoms with E-state index in [1.165, 1.54) is 5.56 Å². The number of ether oxygens (including phenoxy) is 12. The van der Waals surface area contributed by atoms with Gasteiger partial charge in [-0.15, -0.1) is 10.2 Å². The van der Waals surface area contributed by atoms with Gasteiger partial charge in [-0.2, -0.15) is 0 Å². The number of aliphatic hydroxyl groups is 8. The van der Waals surface area contributed by atoms with Crippen molar-refractivity contribution >= 4 is 0 Å². The molecule has 8 N–H and O–H groups in total. The van der Waals surface area contributed by atoms with Gasteiger partial charge in [0.25, 0.3) is 0 Å². The summed E-state index contributed by atoms with van der Waals surface area (Å²) in [7, 11) is 0. The second-order valence-electron chi connectivity index (χ2n) is 32.0. The topological polar surface area (TPSA) is 334 Å². The maximum absolute atomic E-state index is 10.3. The maximum Gasteiger partial charge on any atom is 0.186 e. The number of benzene rings is 4. The molecule has 2 fully saturated rings. The minimum absolute atomic E-state index is 0.0272. The van der Waals surface area contributed by atoms with E-state index in [1.54, 1.807) is 9.36 Å². The van der Waals surface area contributed by atoms with Crippen molar-refractivity contribution < 1.29 is 97.7 Å². The van der Waals surface area contributed by atoms with Gasteiger partial charge < -0.3 is 97.7 Å². The summed E-state index contributed by atoms with van der Waals surface area (Å²) in [6.07, 6.45) is -7.47. The van der Waals surface area contributed by atoms with Crippen LogP contribution < -0.4 is 14.2 Å². The third-order valence-corrected chi connectivity index (χ3v) is 19.1. The van der Waals surface area contributed by atoms with Crippen LogP contribution in [0, 0.1) is 0 Å². The van der Waals surface area contributed by atoms with Gasteiger partial charge in [0.05, 0.1) is 125 Å². The molecule has 26 heteroatoms. The Labute approximate surface area is 624 Å². The van der Waals surface area contributed by atoms with E-state index in [1.807, 2.05) is 12.4 Å². The molecule has 4 heterocycles. The Morgan fingerprint density at radius 1 is 0.406 bits per heavy atom. The Bertz CT molecular complexity index is 3720. The van der Waals surface area contributed by atoms with E-state index in [-0.39, 0.29) is 87.7 Å². The van der Waals surface area contributed by atoms with Crippen LogP contribution >= 0.6 is 0 Å². The molecule has 0 amide bonds. The quantitative estimate of drug-likeness (QED) is 0.0184. The normalized spacial score (nSPS) is 22.4. The van der Waals surface area contributed by atoms with Crippen molar-refractivity contribution in [3.8, 4) is 17.2 Å². The predicted octanol–water partition coefficient (Wildman–Crippen LogP) is 7.31. The van der Waals surface area contributed by atoms with Crippen LogP contribution in [-0.4, -0.2) is 225 Å². The molecule has 2 aliphatic heterocycles. The minimum Gasteiger partial charge on any atom is -0.493 e. The number of aliphatic hydroxyl groups excluding tert-OH is 8. The summed E-state index contributed by atoms with van der Waals surface area (Å²) < 4.78 is 77.6. The Morgan fingerprint density at radius 3 is 1.24 bits per heavy atom. The average Bonchev–Trinajstić information content (AvgIpc) is 0.781. The van der Waals surface area contributed by atoms with Crippen LogP contribution in [0.5, 0.6) is 17.2 Å². The van der Waals surface area contributed by atoms with Crippen molar-refractivity contribution in [2.75, 3.05) is 92.5 Å².